The van der Waals surface area contributed by atoms with Gasteiger partial charge in [0.05, 0.1) is 19.8 Å². The number of carbonyl (C=O) groups is 1. The van der Waals surface area contributed by atoms with Crippen molar-refractivity contribution in [1.82, 2.24) is 10.2 Å². The minimum atomic E-state index is -0.143. The summed E-state index contributed by atoms with van der Waals surface area (Å²) in [5.74, 6) is 1.43. The molecule has 5 nitrogen and oxygen atoms in total. The molecule has 0 saturated carbocycles. The van der Waals surface area contributed by atoms with E-state index in [1.165, 1.54) is 6.08 Å². The van der Waals surface area contributed by atoms with E-state index in [0.717, 1.165) is 22.6 Å². The lowest BCUT2D eigenvalue weighted by molar-refractivity contribution is -0.116. The van der Waals surface area contributed by atoms with Gasteiger partial charge in [0.1, 0.15) is 11.5 Å². The quantitative estimate of drug-likeness (QED) is 0.688. The number of nitrogens with zero attached hydrogens (tertiary/aromatic N) is 1. The zero-order chi connectivity index (χ0) is 19.6. The first-order valence-corrected chi connectivity index (χ1v) is 9.03. The summed E-state index contributed by atoms with van der Waals surface area (Å²) in [6.45, 7) is 3.02. The standard InChI is InChI=1S/C22H28N2O3/c1-5-27-21-12-7-6-9-17(21)13-14-22(25)23-16-20(24(2)3)18-10-8-11-19(15-18)26-4/h6-15,20H,5,16H2,1-4H3,(H,23,25). The molecule has 27 heavy (non-hydrogen) atoms. The van der Waals surface area contributed by atoms with Crippen LogP contribution in [0.3, 0.4) is 0 Å². The maximum Gasteiger partial charge on any atom is 0.244 e. The molecule has 1 N–H and O–H groups in total. The second kappa shape index (κ2) is 10.4. The second-order valence-corrected chi connectivity index (χ2v) is 6.31. The highest BCUT2D eigenvalue weighted by Crippen LogP contribution is 2.22. The number of carbonyl (C=O) groups excluding carboxylic acids is 1. The highest BCUT2D eigenvalue weighted by molar-refractivity contribution is 5.92. The van der Waals surface area contributed by atoms with Crippen molar-refractivity contribution in [3.05, 3.63) is 65.7 Å². The van der Waals surface area contributed by atoms with Crippen LogP contribution in [0.1, 0.15) is 24.1 Å². The highest BCUT2D eigenvalue weighted by Gasteiger charge is 2.15. The number of hydrogen-bond donors (Lipinski definition) is 1. The van der Waals surface area contributed by atoms with Gasteiger partial charge in [0.15, 0.2) is 0 Å². The lowest BCUT2D eigenvalue weighted by Crippen LogP contribution is -2.33. The summed E-state index contributed by atoms with van der Waals surface area (Å²) >= 11 is 0. The Labute approximate surface area is 161 Å². The van der Waals surface area contributed by atoms with Crippen LogP contribution in [0, 0.1) is 0 Å². The molecule has 0 spiro atoms. The van der Waals surface area contributed by atoms with Crippen molar-refractivity contribution >= 4 is 12.0 Å². The number of ether oxygens (including phenoxy) is 2. The predicted octanol–water partition coefficient (Wildman–Crippen LogP) is 3.53. The molecule has 0 aliphatic carbocycles. The van der Waals surface area contributed by atoms with Crippen molar-refractivity contribution in [3.8, 4) is 11.5 Å². The maximum atomic E-state index is 12.3. The van der Waals surface area contributed by atoms with E-state index >= 15 is 0 Å². The van der Waals surface area contributed by atoms with Crippen LogP contribution >= 0.6 is 0 Å². The van der Waals surface area contributed by atoms with E-state index in [4.69, 9.17) is 9.47 Å². The summed E-state index contributed by atoms with van der Waals surface area (Å²) in [6.07, 6.45) is 3.31. The third-order valence-electron chi connectivity index (χ3n) is 4.20. The van der Waals surface area contributed by atoms with E-state index in [9.17, 15) is 4.79 Å². The molecule has 0 heterocycles. The smallest absolute Gasteiger partial charge is 0.244 e. The summed E-state index contributed by atoms with van der Waals surface area (Å²) in [5, 5.41) is 2.97. The fraction of sp³-hybridized carbons (Fsp3) is 0.318. The Bertz CT molecular complexity index is 772. The van der Waals surface area contributed by atoms with Gasteiger partial charge in [0.25, 0.3) is 0 Å². The lowest BCUT2D eigenvalue weighted by Gasteiger charge is -2.25. The summed E-state index contributed by atoms with van der Waals surface area (Å²) in [6, 6.07) is 15.6. The second-order valence-electron chi connectivity index (χ2n) is 6.31. The third kappa shape index (κ3) is 6.15. The normalized spacial score (nSPS) is 12.2. The van der Waals surface area contributed by atoms with Crippen LogP contribution in [0.2, 0.25) is 0 Å². The lowest BCUT2D eigenvalue weighted by atomic mass is 10.1. The van der Waals surface area contributed by atoms with E-state index in [-0.39, 0.29) is 11.9 Å². The summed E-state index contributed by atoms with van der Waals surface area (Å²) in [4.78, 5) is 14.4. The van der Waals surface area contributed by atoms with Gasteiger partial charge in [0.2, 0.25) is 5.91 Å². The Morgan fingerprint density at radius 1 is 1.19 bits per heavy atom. The van der Waals surface area contributed by atoms with Crippen LogP contribution in [0.15, 0.2) is 54.6 Å². The molecule has 2 aromatic rings. The van der Waals surface area contributed by atoms with E-state index in [0.29, 0.717) is 13.2 Å². The van der Waals surface area contributed by atoms with Crippen LogP contribution in [0.5, 0.6) is 11.5 Å². The third-order valence-corrected chi connectivity index (χ3v) is 4.20. The van der Waals surface area contributed by atoms with Gasteiger partial charge in [-0.05, 0) is 50.9 Å². The van der Waals surface area contributed by atoms with Gasteiger partial charge >= 0.3 is 0 Å². The summed E-state index contributed by atoms with van der Waals surface area (Å²) < 4.78 is 10.9. The zero-order valence-electron chi connectivity index (χ0n) is 16.4. The molecule has 0 aliphatic rings. The van der Waals surface area contributed by atoms with Crippen molar-refractivity contribution in [2.45, 2.75) is 13.0 Å². The fourth-order valence-electron chi connectivity index (χ4n) is 2.77. The average Bonchev–Trinajstić information content (AvgIpc) is 2.67. The Morgan fingerprint density at radius 2 is 1.96 bits per heavy atom. The zero-order valence-corrected chi connectivity index (χ0v) is 16.4. The Balaban J connectivity index is 2.02. The molecule has 144 valence electrons. The molecular weight excluding hydrogens is 340 g/mol. The molecule has 0 bridgehead atoms. The number of likely N-dealkylation sites (N-methyl/N-ethyl adjacent to an activating group) is 1. The largest absolute Gasteiger partial charge is 0.497 e. The molecule has 0 aliphatic heterocycles. The van der Waals surface area contributed by atoms with Gasteiger partial charge in [-0.3, -0.25) is 4.79 Å². The number of methoxy groups -OCH3 is 1. The molecule has 5 heteroatoms. The Hall–Kier alpha value is -2.79. The Morgan fingerprint density at radius 3 is 2.67 bits per heavy atom. The first-order chi connectivity index (χ1) is 13.0. The highest BCUT2D eigenvalue weighted by atomic mass is 16.5. The Kier molecular flexibility index (Phi) is 7.89. The molecule has 0 radical (unpaired) electrons. The molecule has 2 aromatic carbocycles. The topological polar surface area (TPSA) is 50.8 Å². The molecule has 2 rings (SSSR count). The van der Waals surface area contributed by atoms with E-state index in [1.807, 2.05) is 69.6 Å². The predicted molar refractivity (Wildman–Crippen MR) is 109 cm³/mol. The van der Waals surface area contributed by atoms with Crippen LogP contribution in [0.25, 0.3) is 6.08 Å². The monoisotopic (exact) mass is 368 g/mol. The SMILES string of the molecule is CCOc1ccccc1C=CC(=O)NCC(c1cccc(OC)c1)N(C)C. The first-order valence-electron chi connectivity index (χ1n) is 9.03. The van der Waals surface area contributed by atoms with Crippen molar-refractivity contribution < 1.29 is 14.3 Å². The molecule has 1 amide bonds. The van der Waals surface area contributed by atoms with Gasteiger partial charge in [-0.25, -0.2) is 0 Å². The number of amides is 1. The fourth-order valence-corrected chi connectivity index (χ4v) is 2.77. The van der Waals surface area contributed by atoms with Gasteiger partial charge in [-0.15, -0.1) is 0 Å². The molecule has 1 atom stereocenters. The molecule has 0 saturated heterocycles. The van der Waals surface area contributed by atoms with Crippen molar-refractivity contribution in [2.24, 2.45) is 0 Å². The van der Waals surface area contributed by atoms with Gasteiger partial charge in [0, 0.05) is 18.2 Å². The van der Waals surface area contributed by atoms with E-state index in [1.54, 1.807) is 13.2 Å². The van der Waals surface area contributed by atoms with Gasteiger partial charge in [-0.2, -0.15) is 0 Å². The van der Waals surface area contributed by atoms with Crippen LogP contribution in [-0.2, 0) is 4.79 Å². The number of para-hydroxylation sites is 1. The molecular formula is C22H28N2O3. The number of hydrogen-bond acceptors (Lipinski definition) is 4. The molecule has 0 fully saturated rings. The first kappa shape index (κ1) is 20.5. The van der Waals surface area contributed by atoms with Crippen molar-refractivity contribution in [3.63, 3.8) is 0 Å². The maximum absolute atomic E-state index is 12.3. The van der Waals surface area contributed by atoms with Gasteiger partial charge < -0.3 is 19.7 Å². The van der Waals surface area contributed by atoms with Gasteiger partial charge in [-0.1, -0.05) is 30.3 Å². The minimum absolute atomic E-state index is 0.0492. The van der Waals surface area contributed by atoms with E-state index in [2.05, 4.69) is 10.2 Å². The van der Waals surface area contributed by atoms with Crippen molar-refractivity contribution in [1.29, 1.82) is 0 Å². The van der Waals surface area contributed by atoms with Crippen LogP contribution < -0.4 is 14.8 Å². The van der Waals surface area contributed by atoms with E-state index < -0.39 is 0 Å². The van der Waals surface area contributed by atoms with Crippen LogP contribution in [0.4, 0.5) is 0 Å². The average molecular weight is 368 g/mol. The summed E-state index contributed by atoms with van der Waals surface area (Å²) in [5.41, 5.74) is 1.97. The number of rotatable bonds is 9. The van der Waals surface area contributed by atoms with Crippen molar-refractivity contribution in [2.75, 3.05) is 34.4 Å². The molecule has 0 aromatic heterocycles. The summed E-state index contributed by atoms with van der Waals surface area (Å²) in [7, 11) is 5.63. The number of benzene rings is 2. The molecule has 1 unspecified atom stereocenters. The minimum Gasteiger partial charge on any atom is -0.497 e. The number of nitrogens with one attached hydrogen (secondary N) is 1. The van der Waals surface area contributed by atoms with Crippen LogP contribution in [-0.4, -0.2) is 45.2 Å².